The van der Waals surface area contributed by atoms with Gasteiger partial charge in [-0.2, -0.15) is 4.58 Å². The van der Waals surface area contributed by atoms with Crippen molar-refractivity contribution in [1.29, 1.82) is 0 Å². The second-order valence-electron chi connectivity index (χ2n) is 8.33. The lowest BCUT2D eigenvalue weighted by atomic mass is 9.77. The zero-order valence-corrected chi connectivity index (χ0v) is 20.1. The molecule has 0 aliphatic carbocycles. The van der Waals surface area contributed by atoms with Gasteiger partial charge >= 0.3 is 0 Å². The molecule has 0 saturated carbocycles. The molecule has 0 aromatic heterocycles. The summed E-state index contributed by atoms with van der Waals surface area (Å²) in [6, 6.07) is 11.1. The first-order valence-corrected chi connectivity index (χ1v) is 12.7. The van der Waals surface area contributed by atoms with E-state index in [-0.39, 0.29) is 11.2 Å². The monoisotopic (exact) mass is 441 g/mol. The van der Waals surface area contributed by atoms with E-state index in [4.69, 9.17) is 0 Å². The first-order valence-electron chi connectivity index (χ1n) is 10.8. The zero-order chi connectivity index (χ0) is 23.0. The lowest BCUT2D eigenvalue weighted by molar-refractivity contribution is -0.401. The summed E-state index contributed by atoms with van der Waals surface area (Å²) in [5.41, 5.74) is 4.53. The molecule has 1 unspecified atom stereocenters. The molecule has 1 aliphatic heterocycles. The smallest absolute Gasteiger partial charge is 0.209 e. The molecule has 6 heteroatoms. The molecule has 1 aliphatic rings. The molecule has 0 saturated heterocycles. The van der Waals surface area contributed by atoms with E-state index in [1.165, 1.54) is 6.26 Å². The fourth-order valence-corrected chi connectivity index (χ4v) is 5.06. The number of benzene rings is 2. The Morgan fingerprint density at radius 1 is 1.06 bits per heavy atom. The van der Waals surface area contributed by atoms with Crippen LogP contribution in [0.1, 0.15) is 45.2 Å². The van der Waals surface area contributed by atoms with Gasteiger partial charge in [0.05, 0.1) is 10.3 Å². The molecule has 0 spiro atoms. The number of aromatic hydroxyl groups is 1. The quantitative estimate of drug-likeness (QED) is 0.630. The highest BCUT2D eigenvalue weighted by Crippen LogP contribution is 2.43. The highest BCUT2D eigenvalue weighted by atomic mass is 32.2. The van der Waals surface area contributed by atoms with Gasteiger partial charge in [0.25, 0.3) is 0 Å². The zero-order valence-electron chi connectivity index (χ0n) is 19.3. The van der Waals surface area contributed by atoms with Crippen LogP contribution in [0.25, 0.3) is 6.08 Å². The predicted octanol–water partition coefficient (Wildman–Crippen LogP) is 4.75. The van der Waals surface area contributed by atoms with Crippen molar-refractivity contribution in [2.24, 2.45) is 0 Å². The van der Waals surface area contributed by atoms with Crippen LogP contribution < -0.4 is 4.90 Å². The lowest BCUT2D eigenvalue weighted by Crippen LogP contribution is -2.29. The molecule has 2 aromatic rings. The Hall–Kier alpha value is -2.60. The van der Waals surface area contributed by atoms with Crippen LogP contribution in [0.4, 0.5) is 11.4 Å². The Morgan fingerprint density at radius 2 is 1.74 bits per heavy atom. The van der Waals surface area contributed by atoms with Crippen LogP contribution in [0.5, 0.6) is 5.75 Å². The van der Waals surface area contributed by atoms with Crippen molar-refractivity contribution >= 4 is 33.0 Å². The summed E-state index contributed by atoms with van der Waals surface area (Å²) in [6.07, 6.45) is 6.04. The number of allylic oxidation sites excluding steroid dienone is 1. The van der Waals surface area contributed by atoms with Gasteiger partial charge in [-0.25, -0.2) is 8.42 Å². The molecule has 0 radical (unpaired) electrons. The first kappa shape index (κ1) is 23.1. The van der Waals surface area contributed by atoms with Crippen molar-refractivity contribution in [3.05, 3.63) is 53.6 Å². The summed E-state index contributed by atoms with van der Waals surface area (Å²) < 4.78 is 26.3. The van der Waals surface area contributed by atoms with Gasteiger partial charge in [-0.3, -0.25) is 0 Å². The van der Waals surface area contributed by atoms with Gasteiger partial charge in [0, 0.05) is 54.4 Å². The molecule has 1 atom stereocenters. The molecular weight excluding hydrogens is 408 g/mol. The summed E-state index contributed by atoms with van der Waals surface area (Å²) >= 11 is 0. The Labute approximate surface area is 186 Å². The van der Waals surface area contributed by atoms with Crippen LogP contribution in [0.15, 0.2) is 47.4 Å². The molecule has 0 fully saturated rings. The third-order valence-corrected chi connectivity index (χ3v) is 7.66. The minimum Gasteiger partial charge on any atom is -0.507 e. The number of hydrogen-bond donors (Lipinski definition) is 1. The topological polar surface area (TPSA) is 60.6 Å². The van der Waals surface area contributed by atoms with Crippen molar-refractivity contribution in [1.82, 2.24) is 0 Å². The summed E-state index contributed by atoms with van der Waals surface area (Å²) in [4.78, 5) is 2.53. The van der Waals surface area contributed by atoms with Crippen molar-refractivity contribution in [2.45, 2.75) is 44.4 Å². The molecule has 31 heavy (non-hydrogen) atoms. The van der Waals surface area contributed by atoms with Gasteiger partial charge in [-0.05, 0) is 57.5 Å². The van der Waals surface area contributed by atoms with Gasteiger partial charge in [-0.15, -0.1) is 0 Å². The SMILES string of the molecule is CCN(CC)c1ccc(/C=C/C2=[N+](C)c3ccc(S(C)(=O)=O)cc3C2(C)CC)c(O)c1. The Kier molecular flexibility index (Phi) is 6.33. The molecular formula is C25H33N2O3S+. The number of sulfone groups is 1. The maximum Gasteiger partial charge on any atom is 0.209 e. The maximum absolute atomic E-state index is 12.1. The van der Waals surface area contributed by atoms with E-state index >= 15 is 0 Å². The molecule has 1 heterocycles. The number of hydrogen-bond acceptors (Lipinski definition) is 4. The Balaban J connectivity index is 2.01. The van der Waals surface area contributed by atoms with E-state index in [9.17, 15) is 13.5 Å². The molecule has 166 valence electrons. The number of anilines is 1. The van der Waals surface area contributed by atoms with Crippen molar-refractivity contribution in [3.8, 4) is 5.75 Å². The summed E-state index contributed by atoms with van der Waals surface area (Å²) in [5, 5.41) is 10.6. The average molecular weight is 442 g/mol. The van der Waals surface area contributed by atoms with Crippen LogP contribution in [-0.4, -0.2) is 50.2 Å². The number of phenols is 1. The number of fused-ring (bicyclic) bond motifs is 1. The lowest BCUT2D eigenvalue weighted by Gasteiger charge is -2.21. The maximum atomic E-state index is 12.1. The molecule has 3 rings (SSSR count). The van der Waals surface area contributed by atoms with Crippen LogP contribution >= 0.6 is 0 Å². The van der Waals surface area contributed by atoms with Gasteiger partial charge in [0.15, 0.2) is 15.5 Å². The van der Waals surface area contributed by atoms with Gasteiger partial charge in [-0.1, -0.05) is 6.92 Å². The molecule has 2 aromatic carbocycles. The van der Waals surface area contributed by atoms with Crippen molar-refractivity contribution in [3.63, 3.8) is 0 Å². The first-order chi connectivity index (χ1) is 14.6. The third kappa shape index (κ3) is 4.13. The van der Waals surface area contributed by atoms with Gasteiger partial charge < -0.3 is 10.0 Å². The normalized spacial score (nSPS) is 18.6. The van der Waals surface area contributed by atoms with E-state index in [2.05, 4.69) is 37.2 Å². The second-order valence-corrected chi connectivity index (χ2v) is 10.3. The second kappa shape index (κ2) is 8.50. The standard InChI is InChI=1S/C25H32N2O3S/c1-7-25(4)21-17-20(31(6,29)30)13-14-22(21)26(5)24(25)15-11-18-10-12-19(16-23(18)28)27(8-2)9-3/h10-17H,7-9H2,1-6H3/p+1. The molecule has 1 N–H and O–H groups in total. The van der Waals surface area contributed by atoms with Crippen LogP contribution in [0.2, 0.25) is 0 Å². The fraction of sp³-hybridized carbons (Fsp3) is 0.400. The van der Waals surface area contributed by atoms with E-state index in [1.54, 1.807) is 6.07 Å². The predicted molar refractivity (Wildman–Crippen MR) is 129 cm³/mol. The van der Waals surface area contributed by atoms with Crippen molar-refractivity contribution < 1.29 is 18.1 Å². The number of nitrogens with zero attached hydrogens (tertiary/aromatic N) is 2. The summed E-state index contributed by atoms with van der Waals surface area (Å²) in [5.74, 6) is 0.247. The summed E-state index contributed by atoms with van der Waals surface area (Å²) in [7, 11) is -1.27. The van der Waals surface area contributed by atoms with E-state index in [0.717, 1.165) is 47.7 Å². The molecule has 0 amide bonds. The van der Waals surface area contributed by atoms with Crippen molar-refractivity contribution in [2.75, 3.05) is 31.3 Å². The van der Waals surface area contributed by atoms with Crippen LogP contribution in [0, 0.1) is 0 Å². The van der Waals surface area contributed by atoms with E-state index in [1.807, 2.05) is 49.5 Å². The largest absolute Gasteiger partial charge is 0.507 e. The highest BCUT2D eigenvalue weighted by Gasteiger charge is 2.45. The van der Waals surface area contributed by atoms with Crippen LogP contribution in [-0.2, 0) is 15.3 Å². The van der Waals surface area contributed by atoms with E-state index in [0.29, 0.717) is 4.90 Å². The molecule has 5 nitrogen and oxygen atoms in total. The Bertz CT molecular complexity index is 1160. The number of phenolic OH excluding ortho intramolecular Hbond substituents is 1. The average Bonchev–Trinajstić information content (AvgIpc) is 2.95. The minimum atomic E-state index is -3.28. The van der Waals surface area contributed by atoms with E-state index < -0.39 is 9.84 Å². The third-order valence-electron chi connectivity index (χ3n) is 6.55. The van der Waals surface area contributed by atoms with Gasteiger partial charge in [0.2, 0.25) is 5.69 Å². The minimum absolute atomic E-state index is 0.247. The van der Waals surface area contributed by atoms with Crippen LogP contribution in [0.3, 0.4) is 0 Å². The number of rotatable bonds is 7. The highest BCUT2D eigenvalue weighted by molar-refractivity contribution is 7.90. The fourth-order valence-electron chi connectivity index (χ4n) is 4.41. The Morgan fingerprint density at radius 3 is 2.29 bits per heavy atom. The molecule has 0 bridgehead atoms. The summed E-state index contributed by atoms with van der Waals surface area (Å²) in [6.45, 7) is 10.2. The van der Waals surface area contributed by atoms with Gasteiger partial charge in [0.1, 0.15) is 12.8 Å².